The Labute approximate surface area is 128 Å². The lowest BCUT2D eigenvalue weighted by molar-refractivity contribution is 0.294. The van der Waals surface area contributed by atoms with Crippen LogP contribution < -0.4 is 10.0 Å². The minimum atomic E-state index is -3.47. The molecule has 0 saturated heterocycles. The summed E-state index contributed by atoms with van der Waals surface area (Å²) in [5.41, 5.74) is 0.522. The van der Waals surface area contributed by atoms with Crippen molar-refractivity contribution in [2.24, 2.45) is 0 Å². The van der Waals surface area contributed by atoms with Crippen LogP contribution in [0.4, 0.5) is 0 Å². The molecule has 5 heteroatoms. The van der Waals surface area contributed by atoms with Gasteiger partial charge in [-0.15, -0.1) is 0 Å². The van der Waals surface area contributed by atoms with Gasteiger partial charge in [-0.2, -0.15) is 0 Å². The maximum absolute atomic E-state index is 12.8. The fourth-order valence-corrected chi connectivity index (χ4v) is 4.69. The van der Waals surface area contributed by atoms with Crippen LogP contribution in [0, 0.1) is 0 Å². The van der Waals surface area contributed by atoms with Crippen molar-refractivity contribution < 1.29 is 8.42 Å². The van der Waals surface area contributed by atoms with Crippen LogP contribution in [-0.4, -0.2) is 20.5 Å². The van der Waals surface area contributed by atoms with Crippen LogP contribution in [0.1, 0.15) is 51.5 Å². The third-order valence-electron chi connectivity index (χ3n) is 4.17. The van der Waals surface area contributed by atoms with Gasteiger partial charge in [-0.05, 0) is 37.9 Å². The van der Waals surface area contributed by atoms with Gasteiger partial charge in [-0.3, -0.25) is 0 Å². The van der Waals surface area contributed by atoms with Crippen LogP contribution >= 0.6 is 0 Å². The van der Waals surface area contributed by atoms with Crippen LogP contribution in [0.15, 0.2) is 29.2 Å². The van der Waals surface area contributed by atoms with Gasteiger partial charge in [0.1, 0.15) is 0 Å². The van der Waals surface area contributed by atoms with Gasteiger partial charge in [0.05, 0.1) is 4.90 Å². The zero-order valence-corrected chi connectivity index (χ0v) is 13.8. The summed E-state index contributed by atoms with van der Waals surface area (Å²) in [7, 11) is -3.47. The molecule has 0 radical (unpaired) electrons. The van der Waals surface area contributed by atoms with E-state index in [9.17, 15) is 8.42 Å². The SMILES string of the molecule is CCNCc1ccccc1S(=O)(=O)NC1(C)CCCCC1. The second-order valence-electron chi connectivity index (χ2n) is 6.11. The van der Waals surface area contributed by atoms with Crippen LogP contribution in [0.3, 0.4) is 0 Å². The van der Waals surface area contributed by atoms with E-state index in [1.165, 1.54) is 6.42 Å². The van der Waals surface area contributed by atoms with E-state index in [2.05, 4.69) is 10.0 Å². The molecule has 0 heterocycles. The lowest BCUT2D eigenvalue weighted by atomic mass is 9.84. The zero-order valence-electron chi connectivity index (χ0n) is 13.0. The lowest BCUT2D eigenvalue weighted by Crippen LogP contribution is -2.47. The predicted molar refractivity (Wildman–Crippen MR) is 85.6 cm³/mol. The molecule has 0 spiro atoms. The fourth-order valence-electron chi connectivity index (χ4n) is 2.99. The molecule has 1 fully saturated rings. The molecule has 4 nitrogen and oxygen atoms in total. The lowest BCUT2D eigenvalue weighted by Gasteiger charge is -2.34. The second-order valence-corrected chi connectivity index (χ2v) is 7.77. The van der Waals surface area contributed by atoms with E-state index in [0.717, 1.165) is 37.8 Å². The Morgan fingerprint density at radius 2 is 1.81 bits per heavy atom. The van der Waals surface area contributed by atoms with E-state index < -0.39 is 10.0 Å². The highest BCUT2D eigenvalue weighted by atomic mass is 32.2. The van der Waals surface area contributed by atoms with Crippen molar-refractivity contribution >= 4 is 10.0 Å². The minimum absolute atomic E-state index is 0.303. The highest BCUT2D eigenvalue weighted by molar-refractivity contribution is 7.89. The van der Waals surface area contributed by atoms with Crippen molar-refractivity contribution in [3.8, 4) is 0 Å². The van der Waals surface area contributed by atoms with Crippen molar-refractivity contribution in [3.05, 3.63) is 29.8 Å². The summed E-state index contributed by atoms with van der Waals surface area (Å²) in [6.07, 6.45) is 5.23. The minimum Gasteiger partial charge on any atom is -0.313 e. The summed E-state index contributed by atoms with van der Waals surface area (Å²) in [6, 6.07) is 7.24. The quantitative estimate of drug-likeness (QED) is 0.849. The van der Waals surface area contributed by atoms with Crippen molar-refractivity contribution in [1.29, 1.82) is 0 Å². The number of rotatable bonds is 6. The Morgan fingerprint density at radius 1 is 1.14 bits per heavy atom. The molecule has 1 saturated carbocycles. The summed E-state index contributed by atoms with van der Waals surface area (Å²) in [4.78, 5) is 0.401. The number of hydrogen-bond donors (Lipinski definition) is 2. The Kier molecular flexibility index (Phi) is 5.41. The fraction of sp³-hybridized carbons (Fsp3) is 0.625. The molecule has 2 N–H and O–H groups in total. The molecular formula is C16H26N2O2S. The molecule has 1 aliphatic rings. The topological polar surface area (TPSA) is 58.2 Å². The summed E-state index contributed by atoms with van der Waals surface area (Å²) in [6.45, 7) is 5.43. The molecule has 21 heavy (non-hydrogen) atoms. The van der Waals surface area contributed by atoms with Crippen LogP contribution in [-0.2, 0) is 16.6 Å². The summed E-state index contributed by atoms with van der Waals surface area (Å²) in [5.74, 6) is 0. The van der Waals surface area contributed by atoms with Gasteiger partial charge in [0, 0.05) is 12.1 Å². The summed E-state index contributed by atoms with van der Waals surface area (Å²) in [5, 5.41) is 3.20. The molecule has 0 atom stereocenters. The first-order valence-corrected chi connectivity index (χ1v) is 9.28. The molecule has 2 rings (SSSR count). The van der Waals surface area contributed by atoms with Gasteiger partial charge < -0.3 is 5.32 Å². The normalized spacial score (nSPS) is 18.6. The summed E-state index contributed by atoms with van der Waals surface area (Å²) >= 11 is 0. The van der Waals surface area contributed by atoms with E-state index >= 15 is 0 Å². The molecule has 0 amide bonds. The molecule has 1 aliphatic carbocycles. The largest absolute Gasteiger partial charge is 0.313 e. The standard InChI is InChI=1S/C16H26N2O2S/c1-3-17-13-14-9-5-6-10-15(14)21(19,20)18-16(2)11-7-4-8-12-16/h5-6,9-10,17-18H,3-4,7-8,11-13H2,1-2H3. The van der Waals surface area contributed by atoms with Gasteiger partial charge in [0.2, 0.25) is 10.0 Å². The highest BCUT2D eigenvalue weighted by Gasteiger charge is 2.32. The molecule has 1 aromatic carbocycles. The Balaban J connectivity index is 2.22. The van der Waals surface area contributed by atoms with Crippen LogP contribution in [0.25, 0.3) is 0 Å². The van der Waals surface area contributed by atoms with Crippen molar-refractivity contribution in [3.63, 3.8) is 0 Å². The van der Waals surface area contributed by atoms with E-state index in [1.807, 2.05) is 26.0 Å². The number of hydrogen-bond acceptors (Lipinski definition) is 3. The highest BCUT2D eigenvalue weighted by Crippen LogP contribution is 2.29. The maximum atomic E-state index is 12.8. The average Bonchev–Trinajstić information content (AvgIpc) is 2.45. The average molecular weight is 310 g/mol. The predicted octanol–water partition coefficient (Wildman–Crippen LogP) is 2.80. The molecule has 0 bridgehead atoms. The monoisotopic (exact) mass is 310 g/mol. The van der Waals surface area contributed by atoms with Gasteiger partial charge >= 0.3 is 0 Å². The number of benzene rings is 1. The van der Waals surface area contributed by atoms with Crippen molar-refractivity contribution in [2.45, 2.75) is 62.9 Å². The molecule has 1 aromatic rings. The third-order valence-corrected chi connectivity index (χ3v) is 5.90. The first kappa shape index (κ1) is 16.5. The van der Waals surface area contributed by atoms with Gasteiger partial charge in [-0.25, -0.2) is 13.1 Å². The van der Waals surface area contributed by atoms with E-state index in [1.54, 1.807) is 12.1 Å². The Morgan fingerprint density at radius 3 is 2.48 bits per heavy atom. The molecule has 118 valence electrons. The molecule has 0 aliphatic heterocycles. The number of nitrogens with one attached hydrogen (secondary N) is 2. The molecular weight excluding hydrogens is 284 g/mol. The molecule has 0 aromatic heterocycles. The first-order chi connectivity index (χ1) is 9.97. The van der Waals surface area contributed by atoms with Crippen molar-refractivity contribution in [2.75, 3.05) is 6.54 Å². The smallest absolute Gasteiger partial charge is 0.241 e. The van der Waals surface area contributed by atoms with Gasteiger partial charge in [0.25, 0.3) is 0 Å². The maximum Gasteiger partial charge on any atom is 0.241 e. The Bertz CT molecular complexity index is 563. The second kappa shape index (κ2) is 6.90. The first-order valence-electron chi connectivity index (χ1n) is 7.79. The van der Waals surface area contributed by atoms with Crippen LogP contribution in [0.2, 0.25) is 0 Å². The van der Waals surface area contributed by atoms with E-state index in [4.69, 9.17) is 0 Å². The molecule has 0 unspecified atom stereocenters. The van der Waals surface area contributed by atoms with Crippen molar-refractivity contribution in [1.82, 2.24) is 10.0 Å². The third kappa shape index (κ3) is 4.28. The van der Waals surface area contributed by atoms with E-state index in [0.29, 0.717) is 11.4 Å². The zero-order chi connectivity index (χ0) is 15.3. The van der Waals surface area contributed by atoms with Crippen LogP contribution in [0.5, 0.6) is 0 Å². The Hall–Kier alpha value is -0.910. The van der Waals surface area contributed by atoms with Gasteiger partial charge in [0.15, 0.2) is 0 Å². The van der Waals surface area contributed by atoms with E-state index in [-0.39, 0.29) is 5.54 Å². The summed E-state index contributed by atoms with van der Waals surface area (Å²) < 4.78 is 28.5. The number of sulfonamides is 1. The van der Waals surface area contributed by atoms with Gasteiger partial charge in [-0.1, -0.05) is 44.4 Å².